The number of nitrogens with one attached hydrogen (secondary N) is 1. The van der Waals surface area contributed by atoms with E-state index in [-0.39, 0.29) is 16.5 Å². The van der Waals surface area contributed by atoms with Gasteiger partial charge >= 0.3 is 5.97 Å². The van der Waals surface area contributed by atoms with Gasteiger partial charge in [0.25, 0.3) is 21.8 Å². The number of benzene rings is 1. The van der Waals surface area contributed by atoms with Crippen molar-refractivity contribution < 1.29 is 27.5 Å². The molecule has 0 aliphatic carbocycles. The third kappa shape index (κ3) is 3.60. The van der Waals surface area contributed by atoms with Crippen LogP contribution in [0.5, 0.6) is 0 Å². The fourth-order valence-corrected chi connectivity index (χ4v) is 4.21. The summed E-state index contributed by atoms with van der Waals surface area (Å²) in [5, 5.41) is 6.61. The third-order valence-corrected chi connectivity index (χ3v) is 5.76. The van der Waals surface area contributed by atoms with Gasteiger partial charge in [0.05, 0.1) is 11.8 Å². The van der Waals surface area contributed by atoms with Gasteiger partial charge in [-0.15, -0.1) is 0 Å². The molecule has 2 heterocycles. The van der Waals surface area contributed by atoms with Crippen molar-refractivity contribution in [3.05, 3.63) is 42.1 Å². The van der Waals surface area contributed by atoms with E-state index in [1.54, 1.807) is 10.7 Å². The average Bonchev–Trinajstić information content (AvgIpc) is 3.18. The Labute approximate surface area is 161 Å². The molecule has 10 nitrogen and oxygen atoms in total. The maximum atomic E-state index is 12.4. The number of ether oxygens (including phenoxy) is 1. The Morgan fingerprint density at radius 2 is 1.93 bits per heavy atom. The number of esters is 1. The molecule has 0 saturated heterocycles. The number of sulfonamides is 1. The summed E-state index contributed by atoms with van der Waals surface area (Å²) >= 11 is 0. The van der Waals surface area contributed by atoms with Crippen LogP contribution < -0.4 is 5.32 Å². The van der Waals surface area contributed by atoms with Gasteiger partial charge < -0.3 is 10.1 Å². The summed E-state index contributed by atoms with van der Waals surface area (Å²) in [4.78, 5) is 36.0. The van der Waals surface area contributed by atoms with Crippen molar-refractivity contribution in [2.24, 2.45) is 0 Å². The lowest BCUT2D eigenvalue weighted by Crippen LogP contribution is -2.36. The summed E-state index contributed by atoms with van der Waals surface area (Å²) in [7, 11) is -4.11. The van der Waals surface area contributed by atoms with Crippen molar-refractivity contribution in [1.82, 2.24) is 14.1 Å². The van der Waals surface area contributed by atoms with Crippen LogP contribution in [0.1, 0.15) is 30.2 Å². The molecule has 28 heavy (non-hydrogen) atoms. The van der Waals surface area contributed by atoms with Crippen molar-refractivity contribution in [2.75, 3.05) is 18.5 Å². The second-order valence-corrected chi connectivity index (χ2v) is 8.11. The number of carbonyl (C=O) groups excluding carboxylic acids is 3. The molecular formula is C17H18N4O6S. The van der Waals surface area contributed by atoms with Crippen molar-refractivity contribution in [3.63, 3.8) is 0 Å². The Morgan fingerprint density at radius 3 is 2.61 bits per heavy atom. The van der Waals surface area contributed by atoms with Crippen LogP contribution in [0.3, 0.4) is 0 Å². The minimum Gasteiger partial charge on any atom is -0.454 e. The summed E-state index contributed by atoms with van der Waals surface area (Å²) in [5.74, 6) is -2.01. The fraction of sp³-hybridized carbons (Fsp3) is 0.294. The second kappa shape index (κ2) is 7.43. The van der Waals surface area contributed by atoms with Crippen LogP contribution >= 0.6 is 0 Å². The number of aromatic nitrogens is 2. The Hall–Kier alpha value is -3.21. The first-order valence-corrected chi connectivity index (χ1v) is 9.81. The number of hydrogen-bond acceptors (Lipinski definition) is 7. The van der Waals surface area contributed by atoms with E-state index in [1.165, 1.54) is 30.5 Å². The van der Waals surface area contributed by atoms with Gasteiger partial charge in [-0.3, -0.25) is 14.4 Å². The number of fused-ring (bicyclic) bond motifs is 1. The SMILES string of the molecule is CC(C)n1nccc1NC(=O)COC(=O)CN1C(=O)c2ccccc2S1(=O)=O. The number of nitrogens with zero attached hydrogens (tertiary/aromatic N) is 3. The average molecular weight is 406 g/mol. The van der Waals surface area contributed by atoms with Gasteiger partial charge in [0.15, 0.2) is 6.61 Å². The highest BCUT2D eigenvalue weighted by molar-refractivity contribution is 7.90. The molecule has 0 bridgehead atoms. The van der Waals surface area contributed by atoms with Crippen molar-refractivity contribution >= 4 is 33.6 Å². The molecule has 1 N–H and O–H groups in total. The Bertz CT molecular complexity index is 1040. The zero-order valence-corrected chi connectivity index (χ0v) is 16.0. The molecule has 11 heteroatoms. The molecule has 3 rings (SSSR count). The highest BCUT2D eigenvalue weighted by Gasteiger charge is 2.42. The van der Waals surface area contributed by atoms with Gasteiger partial charge in [0.2, 0.25) is 0 Å². The number of amides is 2. The van der Waals surface area contributed by atoms with Crippen LogP contribution in [-0.2, 0) is 24.3 Å². The van der Waals surface area contributed by atoms with Gasteiger partial charge in [-0.05, 0) is 26.0 Å². The van der Waals surface area contributed by atoms with Gasteiger partial charge in [-0.1, -0.05) is 12.1 Å². The van der Waals surface area contributed by atoms with Crippen molar-refractivity contribution in [2.45, 2.75) is 24.8 Å². The topological polar surface area (TPSA) is 128 Å². The lowest BCUT2D eigenvalue weighted by atomic mass is 10.2. The predicted molar refractivity (Wildman–Crippen MR) is 96.9 cm³/mol. The zero-order valence-electron chi connectivity index (χ0n) is 15.2. The summed E-state index contributed by atoms with van der Waals surface area (Å²) in [5.41, 5.74) is -0.00464. The third-order valence-electron chi connectivity index (χ3n) is 3.98. The van der Waals surface area contributed by atoms with Crippen LogP contribution in [0.2, 0.25) is 0 Å². The molecule has 0 spiro atoms. The van der Waals surface area contributed by atoms with E-state index >= 15 is 0 Å². The Kier molecular flexibility index (Phi) is 5.18. The lowest BCUT2D eigenvalue weighted by Gasteiger charge is -2.14. The van der Waals surface area contributed by atoms with Crippen molar-refractivity contribution in [3.8, 4) is 0 Å². The molecule has 1 aliphatic heterocycles. The molecule has 1 aromatic carbocycles. The van der Waals surface area contributed by atoms with Crippen molar-refractivity contribution in [1.29, 1.82) is 0 Å². The molecule has 0 fully saturated rings. The molecule has 0 radical (unpaired) electrons. The molecule has 1 aliphatic rings. The van der Waals surface area contributed by atoms with Crippen LogP contribution in [0.4, 0.5) is 5.82 Å². The highest BCUT2D eigenvalue weighted by Crippen LogP contribution is 2.29. The molecule has 2 amide bonds. The standard InChI is InChI=1S/C17H18N4O6S/c1-11(2)21-14(7-8-18-21)19-15(22)10-27-16(23)9-20-17(24)12-5-3-4-6-13(12)28(20,25)26/h3-8,11H,9-10H2,1-2H3,(H,19,22). The number of rotatable bonds is 6. The maximum Gasteiger partial charge on any atom is 0.327 e. The minimum absolute atomic E-state index is 0.00464. The Balaban J connectivity index is 1.59. The largest absolute Gasteiger partial charge is 0.454 e. The van der Waals surface area contributed by atoms with Gasteiger partial charge in [0, 0.05) is 12.1 Å². The fourth-order valence-electron chi connectivity index (χ4n) is 2.70. The van der Waals surface area contributed by atoms with E-state index in [1.807, 2.05) is 13.8 Å². The zero-order chi connectivity index (χ0) is 20.5. The number of carbonyl (C=O) groups is 3. The molecule has 0 unspecified atom stereocenters. The number of anilines is 1. The summed E-state index contributed by atoms with van der Waals surface area (Å²) in [6.07, 6.45) is 1.52. The van der Waals surface area contributed by atoms with E-state index in [9.17, 15) is 22.8 Å². The van der Waals surface area contributed by atoms with E-state index in [0.29, 0.717) is 10.1 Å². The van der Waals surface area contributed by atoms with Crippen LogP contribution in [0, 0.1) is 0 Å². The predicted octanol–water partition coefficient (Wildman–Crippen LogP) is 0.790. The van der Waals surface area contributed by atoms with E-state index < -0.39 is 41.0 Å². The quantitative estimate of drug-likeness (QED) is 0.703. The molecule has 0 atom stereocenters. The minimum atomic E-state index is -4.11. The molecule has 1 aromatic heterocycles. The Morgan fingerprint density at radius 1 is 1.21 bits per heavy atom. The summed E-state index contributed by atoms with van der Waals surface area (Å²) in [6, 6.07) is 7.27. The molecule has 0 saturated carbocycles. The molecule has 148 valence electrons. The highest BCUT2D eigenvalue weighted by atomic mass is 32.2. The van der Waals surface area contributed by atoms with Crippen LogP contribution in [0.25, 0.3) is 0 Å². The van der Waals surface area contributed by atoms with Crippen LogP contribution in [0.15, 0.2) is 41.4 Å². The monoisotopic (exact) mass is 406 g/mol. The maximum absolute atomic E-state index is 12.4. The first kappa shape index (κ1) is 19.5. The first-order valence-electron chi connectivity index (χ1n) is 8.37. The molecular weight excluding hydrogens is 388 g/mol. The van der Waals surface area contributed by atoms with Gasteiger partial charge in [-0.25, -0.2) is 17.4 Å². The smallest absolute Gasteiger partial charge is 0.327 e. The van der Waals surface area contributed by atoms with Gasteiger partial charge in [-0.2, -0.15) is 5.10 Å². The van der Waals surface area contributed by atoms with Gasteiger partial charge in [0.1, 0.15) is 17.3 Å². The molecule has 2 aromatic rings. The lowest BCUT2D eigenvalue weighted by molar-refractivity contribution is -0.147. The second-order valence-electron chi connectivity index (χ2n) is 6.28. The first-order chi connectivity index (χ1) is 13.2. The summed E-state index contributed by atoms with van der Waals surface area (Å²) < 4.78 is 31.6. The normalized spacial score (nSPS) is 14.8. The van der Waals surface area contributed by atoms with E-state index in [2.05, 4.69) is 10.4 Å². The summed E-state index contributed by atoms with van der Waals surface area (Å²) in [6.45, 7) is 2.33. The van der Waals surface area contributed by atoms with E-state index in [0.717, 1.165) is 0 Å². The van der Waals surface area contributed by atoms with E-state index in [4.69, 9.17) is 4.74 Å². The number of hydrogen-bond donors (Lipinski definition) is 1. The van der Waals surface area contributed by atoms with Crippen LogP contribution in [-0.4, -0.2) is 53.4 Å².